The number of ether oxygens (including phenoxy) is 2. The number of nitriles is 1. The summed E-state index contributed by atoms with van der Waals surface area (Å²) in [5.74, 6) is 1.87. The first-order valence-corrected chi connectivity index (χ1v) is 10.3. The fourth-order valence-electron chi connectivity index (χ4n) is 4.79. The van der Waals surface area contributed by atoms with E-state index in [1.54, 1.807) is 43.5 Å². The highest BCUT2D eigenvalue weighted by molar-refractivity contribution is 5.99. The highest BCUT2D eigenvalue weighted by atomic mass is 16.5. The van der Waals surface area contributed by atoms with Crippen LogP contribution in [0.15, 0.2) is 42.5 Å². The average molecular weight is 407 g/mol. The van der Waals surface area contributed by atoms with Crippen molar-refractivity contribution in [2.24, 2.45) is 5.92 Å². The van der Waals surface area contributed by atoms with E-state index in [-0.39, 0.29) is 16.9 Å². The van der Waals surface area contributed by atoms with Crippen LogP contribution >= 0.6 is 0 Å². The predicted molar refractivity (Wildman–Crippen MR) is 117 cm³/mol. The number of hydrogen-bond donors (Lipinski definition) is 1. The lowest BCUT2D eigenvalue weighted by atomic mass is 9.74. The summed E-state index contributed by atoms with van der Waals surface area (Å²) < 4.78 is 11.4. The minimum atomic E-state index is 0.00259. The van der Waals surface area contributed by atoms with E-state index < -0.39 is 0 Å². The molecule has 1 N–H and O–H groups in total. The fraction of sp³-hybridized carbons (Fsp3) is 0.440. The predicted octanol–water partition coefficient (Wildman–Crippen LogP) is 5.49. The summed E-state index contributed by atoms with van der Waals surface area (Å²) in [5.41, 5.74) is 1.02. The maximum Gasteiger partial charge on any atom is 0.166 e. The van der Waals surface area contributed by atoms with Crippen LogP contribution in [0.2, 0.25) is 0 Å². The molecule has 2 aromatic rings. The summed E-state index contributed by atoms with van der Waals surface area (Å²) in [6.45, 7) is 8.77. The normalized spacial score (nSPS) is 17.7. The molecular weight excluding hydrogens is 376 g/mol. The molecular formula is C25H30N2O3. The zero-order chi connectivity index (χ0) is 21.9. The minimum absolute atomic E-state index is 0.00259. The van der Waals surface area contributed by atoms with E-state index in [2.05, 4.69) is 39.1 Å². The molecule has 0 aliphatic carbocycles. The molecule has 1 aliphatic rings. The largest absolute Gasteiger partial charge is 0.496 e. The highest BCUT2D eigenvalue weighted by Gasteiger charge is 2.38. The van der Waals surface area contributed by atoms with Gasteiger partial charge in [-0.1, -0.05) is 12.1 Å². The van der Waals surface area contributed by atoms with Gasteiger partial charge in [-0.2, -0.15) is 5.26 Å². The van der Waals surface area contributed by atoms with Crippen molar-refractivity contribution < 1.29 is 14.3 Å². The van der Waals surface area contributed by atoms with Crippen LogP contribution in [0.5, 0.6) is 17.2 Å². The van der Waals surface area contributed by atoms with Crippen molar-refractivity contribution in [2.45, 2.75) is 58.0 Å². The molecule has 3 rings (SSSR count). The van der Waals surface area contributed by atoms with Crippen molar-refractivity contribution in [2.75, 3.05) is 7.11 Å². The molecule has 0 spiro atoms. The Bertz CT molecular complexity index is 957. The van der Waals surface area contributed by atoms with E-state index in [9.17, 15) is 10.1 Å². The van der Waals surface area contributed by atoms with Crippen molar-refractivity contribution in [3.05, 3.63) is 53.6 Å². The Morgan fingerprint density at radius 3 is 2.40 bits per heavy atom. The third-order valence-electron chi connectivity index (χ3n) is 5.46. The third-order valence-corrected chi connectivity index (χ3v) is 5.46. The zero-order valence-corrected chi connectivity index (χ0v) is 18.4. The van der Waals surface area contributed by atoms with Gasteiger partial charge in [-0.3, -0.25) is 4.79 Å². The number of ketones is 1. The molecule has 30 heavy (non-hydrogen) atoms. The molecule has 0 unspecified atom stereocenters. The number of para-hydroxylation sites is 1. The monoisotopic (exact) mass is 406 g/mol. The van der Waals surface area contributed by atoms with E-state index in [4.69, 9.17) is 9.47 Å². The van der Waals surface area contributed by atoms with Gasteiger partial charge in [0.25, 0.3) is 0 Å². The lowest BCUT2D eigenvalue weighted by Crippen LogP contribution is -2.57. The number of hydrogen-bond acceptors (Lipinski definition) is 5. The van der Waals surface area contributed by atoms with Crippen LogP contribution in [0.25, 0.3) is 0 Å². The summed E-state index contributed by atoms with van der Waals surface area (Å²) in [4.78, 5) is 13.1. The van der Waals surface area contributed by atoms with Crippen LogP contribution in [-0.2, 0) is 0 Å². The quantitative estimate of drug-likeness (QED) is 0.642. The Hall–Kier alpha value is -2.84. The molecule has 1 aliphatic heterocycles. The molecule has 0 aromatic heterocycles. The van der Waals surface area contributed by atoms with Crippen molar-refractivity contribution in [3.63, 3.8) is 0 Å². The molecule has 0 radical (unpaired) electrons. The number of nitrogens with one attached hydrogen (secondary N) is 1. The highest BCUT2D eigenvalue weighted by Crippen LogP contribution is 2.37. The van der Waals surface area contributed by atoms with Crippen LogP contribution in [0.3, 0.4) is 0 Å². The Labute approximate surface area is 179 Å². The Balaban J connectivity index is 1.78. The maximum atomic E-state index is 13.1. The second kappa shape index (κ2) is 8.49. The van der Waals surface area contributed by atoms with Gasteiger partial charge in [0.05, 0.1) is 18.2 Å². The van der Waals surface area contributed by atoms with Crippen LogP contribution in [0, 0.1) is 17.2 Å². The number of benzene rings is 2. The molecule has 158 valence electrons. The lowest BCUT2D eigenvalue weighted by Gasteiger charge is -2.46. The Morgan fingerprint density at radius 1 is 1.10 bits per heavy atom. The molecule has 1 saturated heterocycles. The first kappa shape index (κ1) is 21.9. The van der Waals surface area contributed by atoms with Crippen molar-refractivity contribution in [1.29, 1.82) is 5.26 Å². The molecule has 2 aromatic carbocycles. The summed E-state index contributed by atoms with van der Waals surface area (Å²) >= 11 is 0. The lowest BCUT2D eigenvalue weighted by molar-refractivity contribution is 0.0862. The van der Waals surface area contributed by atoms with E-state index in [1.165, 1.54) is 0 Å². The fourth-order valence-corrected chi connectivity index (χ4v) is 4.79. The number of piperidine rings is 1. The molecule has 0 bridgehead atoms. The topological polar surface area (TPSA) is 71.3 Å². The van der Waals surface area contributed by atoms with Crippen molar-refractivity contribution >= 4 is 5.78 Å². The van der Waals surface area contributed by atoms with E-state index in [0.29, 0.717) is 40.7 Å². The first-order valence-electron chi connectivity index (χ1n) is 10.3. The number of Topliss-reactive ketones (excluding diaryl/α,β-unsaturated/α-hetero) is 1. The molecule has 0 amide bonds. The van der Waals surface area contributed by atoms with Gasteiger partial charge < -0.3 is 14.8 Å². The molecule has 0 atom stereocenters. The second-order valence-electron chi connectivity index (χ2n) is 9.37. The number of nitrogens with zero attached hydrogens (tertiary/aromatic N) is 1. The summed E-state index contributed by atoms with van der Waals surface area (Å²) in [6, 6.07) is 14.4. The van der Waals surface area contributed by atoms with Gasteiger partial charge in [0.15, 0.2) is 5.78 Å². The van der Waals surface area contributed by atoms with Gasteiger partial charge in [0.2, 0.25) is 0 Å². The van der Waals surface area contributed by atoms with Gasteiger partial charge >= 0.3 is 0 Å². The van der Waals surface area contributed by atoms with Crippen LogP contribution in [0.1, 0.15) is 62.9 Å². The van der Waals surface area contributed by atoms with Gasteiger partial charge in [-0.25, -0.2) is 0 Å². The first-order chi connectivity index (χ1) is 14.1. The van der Waals surface area contributed by atoms with E-state index in [1.807, 2.05) is 6.07 Å². The van der Waals surface area contributed by atoms with E-state index in [0.717, 1.165) is 12.8 Å². The average Bonchev–Trinajstić information content (AvgIpc) is 2.65. The smallest absolute Gasteiger partial charge is 0.166 e. The standard InChI is InChI=1S/C25H30N2O3/c1-24(2)14-17(15-25(3,4)27-24)12-21(28)20-11-10-19(13-23(20)29-5)30-22-9-7-6-8-18(22)16-26/h6-11,13,17,27H,12,14-15H2,1-5H3. The Kier molecular flexibility index (Phi) is 6.19. The van der Waals surface area contributed by atoms with Gasteiger partial charge in [-0.15, -0.1) is 0 Å². The molecule has 5 heteroatoms. The summed E-state index contributed by atoms with van der Waals surface area (Å²) in [5, 5.41) is 12.9. The summed E-state index contributed by atoms with van der Waals surface area (Å²) in [7, 11) is 1.55. The SMILES string of the molecule is COc1cc(Oc2ccccc2C#N)ccc1C(=O)CC1CC(C)(C)NC(C)(C)C1. The second-order valence-corrected chi connectivity index (χ2v) is 9.37. The molecule has 0 saturated carbocycles. The molecule has 1 fully saturated rings. The van der Waals surface area contributed by atoms with Crippen LogP contribution in [-0.4, -0.2) is 24.0 Å². The number of methoxy groups -OCH3 is 1. The van der Waals surface area contributed by atoms with E-state index >= 15 is 0 Å². The van der Waals surface area contributed by atoms with Gasteiger partial charge in [0.1, 0.15) is 23.3 Å². The molecule has 5 nitrogen and oxygen atoms in total. The number of rotatable bonds is 6. The van der Waals surface area contributed by atoms with Crippen LogP contribution in [0.4, 0.5) is 0 Å². The minimum Gasteiger partial charge on any atom is -0.496 e. The number of carbonyl (C=O) groups is 1. The maximum absolute atomic E-state index is 13.1. The number of carbonyl (C=O) groups excluding carboxylic acids is 1. The van der Waals surface area contributed by atoms with Gasteiger partial charge in [-0.05, 0) is 70.7 Å². The zero-order valence-electron chi connectivity index (χ0n) is 18.4. The van der Waals surface area contributed by atoms with Crippen molar-refractivity contribution in [3.8, 4) is 23.3 Å². The Morgan fingerprint density at radius 2 is 1.77 bits per heavy atom. The van der Waals surface area contributed by atoms with Crippen LogP contribution < -0.4 is 14.8 Å². The molecule has 1 heterocycles. The van der Waals surface area contributed by atoms with Gasteiger partial charge in [0, 0.05) is 23.6 Å². The third kappa shape index (κ3) is 5.20. The van der Waals surface area contributed by atoms with Crippen molar-refractivity contribution in [1.82, 2.24) is 5.32 Å². The summed E-state index contributed by atoms with van der Waals surface area (Å²) in [6.07, 6.45) is 2.40.